The lowest BCUT2D eigenvalue weighted by atomic mass is 10.0. The predicted octanol–water partition coefficient (Wildman–Crippen LogP) is 0.267. The van der Waals surface area contributed by atoms with E-state index in [4.69, 9.17) is 11.5 Å². The zero-order chi connectivity index (χ0) is 27.9. The summed E-state index contributed by atoms with van der Waals surface area (Å²) < 4.78 is 38.7. The number of amides is 4. The van der Waals surface area contributed by atoms with Gasteiger partial charge in [0.25, 0.3) is 0 Å². The second-order valence-corrected chi connectivity index (χ2v) is 8.06. The summed E-state index contributed by atoms with van der Waals surface area (Å²) in [5.41, 5.74) is 10.9. The van der Waals surface area contributed by atoms with Crippen molar-refractivity contribution in [1.82, 2.24) is 16.0 Å². The van der Waals surface area contributed by atoms with E-state index < -0.39 is 66.9 Å². The number of alkyl halides is 3. The normalized spacial score (nSPS) is 14.2. The molecule has 204 valence electrons. The fraction of sp³-hybridized carbons (Fsp3) is 0.565. The third kappa shape index (κ3) is 13.0. The lowest BCUT2D eigenvalue weighted by Gasteiger charge is -2.27. The van der Waals surface area contributed by atoms with Crippen LogP contribution in [0.15, 0.2) is 30.3 Å². The van der Waals surface area contributed by atoms with Crippen LogP contribution in [-0.4, -0.2) is 65.7 Å². The summed E-state index contributed by atoms with van der Waals surface area (Å²) in [6, 6.07) is 4.34. The fourth-order valence-corrected chi connectivity index (χ4v) is 2.83. The molecule has 0 heterocycles. The molecule has 4 atom stereocenters. The maximum Gasteiger partial charge on any atom is 0.416 e. The van der Waals surface area contributed by atoms with E-state index in [2.05, 4.69) is 24.5 Å². The Morgan fingerprint density at radius 1 is 1.00 bits per heavy atom. The summed E-state index contributed by atoms with van der Waals surface area (Å²) >= 11 is 0. The number of halogens is 3. The van der Waals surface area contributed by atoms with Gasteiger partial charge in [-0.2, -0.15) is 13.2 Å². The van der Waals surface area contributed by atoms with Gasteiger partial charge in [-0.3, -0.25) is 19.2 Å². The number of carbonyl (C=O) groups excluding carboxylic acids is 4. The number of nitrogens with one attached hydrogen (secondary N) is 3. The third-order valence-electron chi connectivity index (χ3n) is 4.62. The summed E-state index contributed by atoms with van der Waals surface area (Å²) in [6.45, 7) is 5.08. The lowest BCUT2D eigenvalue weighted by molar-refractivity contribution is -0.212. The molecule has 0 aliphatic heterocycles. The van der Waals surface area contributed by atoms with E-state index in [-0.39, 0.29) is 13.0 Å². The van der Waals surface area contributed by atoms with Crippen LogP contribution in [0.25, 0.3) is 0 Å². The number of nitrogens with two attached hydrogens (primary N) is 2. The van der Waals surface area contributed by atoms with E-state index in [0.29, 0.717) is 5.56 Å². The Labute approximate surface area is 208 Å². The van der Waals surface area contributed by atoms with Crippen molar-refractivity contribution in [3.63, 3.8) is 0 Å². The summed E-state index contributed by atoms with van der Waals surface area (Å²) in [6.07, 6.45) is -7.76. The highest BCUT2D eigenvalue weighted by Crippen LogP contribution is 2.24. The van der Waals surface area contributed by atoms with Crippen LogP contribution in [0.5, 0.6) is 0 Å². The average molecular weight is 520 g/mol. The van der Waals surface area contributed by atoms with E-state index in [9.17, 15) is 37.5 Å². The van der Waals surface area contributed by atoms with Crippen molar-refractivity contribution in [1.29, 1.82) is 0 Å². The fourth-order valence-electron chi connectivity index (χ4n) is 2.83. The van der Waals surface area contributed by atoms with Crippen molar-refractivity contribution in [3.05, 3.63) is 35.9 Å². The van der Waals surface area contributed by atoms with Crippen molar-refractivity contribution in [3.8, 4) is 0 Å². The minimum atomic E-state index is -5.06. The lowest BCUT2D eigenvalue weighted by Crippen LogP contribution is -2.57. The number of hydrogen-bond acceptors (Lipinski definition) is 6. The summed E-state index contributed by atoms with van der Waals surface area (Å²) in [5.74, 6) is -3.34. The van der Waals surface area contributed by atoms with Crippen LogP contribution in [0, 0.1) is 0 Å². The van der Waals surface area contributed by atoms with E-state index in [1.807, 2.05) is 5.32 Å². The monoisotopic (exact) mass is 519 g/mol. The molecular formula is C23H36F3N5O5. The Balaban J connectivity index is 0.00000387. The molecule has 1 aromatic carbocycles. The molecule has 13 heteroatoms. The molecule has 0 fully saturated rings. The second-order valence-electron chi connectivity index (χ2n) is 8.06. The van der Waals surface area contributed by atoms with Gasteiger partial charge in [-0.1, -0.05) is 50.6 Å². The van der Waals surface area contributed by atoms with Gasteiger partial charge in [0.05, 0.1) is 12.6 Å². The molecule has 0 radical (unpaired) electrons. The molecule has 1 aromatic rings. The zero-order valence-electron chi connectivity index (χ0n) is 20.6. The highest BCUT2D eigenvalue weighted by molar-refractivity contribution is 5.92. The number of rotatable bonds is 12. The molecular weight excluding hydrogens is 483 g/mol. The minimum Gasteiger partial charge on any atom is -0.382 e. The van der Waals surface area contributed by atoms with E-state index >= 15 is 0 Å². The zero-order valence-corrected chi connectivity index (χ0v) is 20.6. The molecule has 8 N–H and O–H groups in total. The molecule has 0 saturated carbocycles. The largest absolute Gasteiger partial charge is 0.416 e. The van der Waals surface area contributed by atoms with Crippen molar-refractivity contribution in [2.75, 3.05) is 6.54 Å². The van der Waals surface area contributed by atoms with Gasteiger partial charge in [0.1, 0.15) is 12.1 Å². The Morgan fingerprint density at radius 2 is 1.56 bits per heavy atom. The molecule has 3 unspecified atom stereocenters. The Bertz CT molecular complexity index is 839. The van der Waals surface area contributed by atoms with Gasteiger partial charge in [-0.15, -0.1) is 0 Å². The number of primary amides is 1. The second kappa shape index (κ2) is 16.5. The highest BCUT2D eigenvalue weighted by Gasteiger charge is 2.44. The van der Waals surface area contributed by atoms with Crippen LogP contribution < -0.4 is 27.4 Å². The maximum atomic E-state index is 12.9. The van der Waals surface area contributed by atoms with Gasteiger partial charge in [-0.05, 0) is 18.9 Å². The van der Waals surface area contributed by atoms with Crippen molar-refractivity contribution < 1.29 is 37.5 Å². The molecule has 4 amide bonds. The first-order valence-corrected chi connectivity index (χ1v) is 11.4. The summed E-state index contributed by atoms with van der Waals surface area (Å²) in [5, 5.41) is 16.2. The number of hydrogen-bond donors (Lipinski definition) is 6. The molecule has 1 rings (SSSR count). The highest BCUT2D eigenvalue weighted by atomic mass is 19.4. The van der Waals surface area contributed by atoms with Crippen LogP contribution in [0.4, 0.5) is 13.2 Å². The van der Waals surface area contributed by atoms with Crippen LogP contribution in [0.1, 0.15) is 45.6 Å². The van der Waals surface area contributed by atoms with Crippen LogP contribution >= 0.6 is 0 Å². The van der Waals surface area contributed by atoms with Gasteiger partial charge in [-0.25, -0.2) is 0 Å². The number of benzene rings is 1. The molecule has 0 aromatic heterocycles. The van der Waals surface area contributed by atoms with E-state index in [1.165, 1.54) is 13.3 Å². The Hall–Kier alpha value is -3.19. The maximum absolute atomic E-state index is 12.9. The molecule has 0 aliphatic carbocycles. The van der Waals surface area contributed by atoms with Crippen molar-refractivity contribution in [2.24, 2.45) is 11.5 Å². The van der Waals surface area contributed by atoms with Crippen molar-refractivity contribution >= 4 is 23.6 Å². The first-order chi connectivity index (χ1) is 16.8. The summed E-state index contributed by atoms with van der Waals surface area (Å²) in [4.78, 5) is 47.7. The number of carbonyl (C=O) groups is 4. The first-order valence-electron chi connectivity index (χ1n) is 11.4. The van der Waals surface area contributed by atoms with Crippen LogP contribution in [0.3, 0.4) is 0 Å². The van der Waals surface area contributed by atoms with Gasteiger partial charge in [0.2, 0.25) is 23.6 Å². The SMILES string of the molecule is CCC.C[C@H](NC(=O)C(Cc1ccccc1)NC(=O)CN)C(=O)NC(CCC(N)=O)C(O)C(F)(F)F. The van der Waals surface area contributed by atoms with E-state index in [0.717, 1.165) is 0 Å². The van der Waals surface area contributed by atoms with Gasteiger partial charge < -0.3 is 32.5 Å². The smallest absolute Gasteiger partial charge is 0.382 e. The minimum absolute atomic E-state index is 0.0702. The van der Waals surface area contributed by atoms with Gasteiger partial charge >= 0.3 is 6.18 Å². The molecule has 0 spiro atoms. The van der Waals surface area contributed by atoms with E-state index in [1.54, 1.807) is 30.3 Å². The van der Waals surface area contributed by atoms with Crippen molar-refractivity contribution in [2.45, 2.75) is 76.9 Å². The standard InChI is InChI=1S/C20H28F3N5O5.C3H8/c1-11(18(32)28-13(7-8-15(25)29)17(31)20(21,22)23)26-19(33)14(27-16(30)10-24)9-12-5-3-2-4-6-12;1-3-2/h2-6,11,13-14,17,31H,7-10,24H2,1H3,(H2,25,29)(H,26,33)(H,27,30)(H,28,32);3H2,1-2H3/t11-,13?,14?,17?;/m0./s1. The first kappa shape index (κ1) is 32.8. The Kier molecular flexibility index (Phi) is 15.0. The molecule has 0 aliphatic rings. The number of aliphatic hydroxyl groups excluding tert-OH is 1. The molecule has 36 heavy (non-hydrogen) atoms. The Morgan fingerprint density at radius 3 is 2.03 bits per heavy atom. The van der Waals surface area contributed by atoms with Crippen LogP contribution in [0.2, 0.25) is 0 Å². The van der Waals surface area contributed by atoms with Gasteiger partial charge in [0.15, 0.2) is 6.10 Å². The topological polar surface area (TPSA) is 177 Å². The predicted molar refractivity (Wildman–Crippen MR) is 127 cm³/mol. The quantitative estimate of drug-likeness (QED) is 0.231. The van der Waals surface area contributed by atoms with Crippen LogP contribution in [-0.2, 0) is 25.6 Å². The molecule has 0 saturated heterocycles. The molecule has 0 bridgehead atoms. The average Bonchev–Trinajstić information content (AvgIpc) is 2.80. The van der Waals surface area contributed by atoms with Gasteiger partial charge in [0, 0.05) is 12.8 Å². The molecule has 10 nitrogen and oxygen atoms in total. The number of aliphatic hydroxyl groups is 1. The third-order valence-corrected chi connectivity index (χ3v) is 4.62. The summed E-state index contributed by atoms with van der Waals surface area (Å²) in [7, 11) is 0.